The summed E-state index contributed by atoms with van der Waals surface area (Å²) in [6, 6.07) is 12.1. The van der Waals surface area contributed by atoms with Gasteiger partial charge in [-0.2, -0.15) is 0 Å². The van der Waals surface area contributed by atoms with E-state index in [1.165, 1.54) is 0 Å². The minimum Gasteiger partial charge on any atom is -0.497 e. The van der Waals surface area contributed by atoms with Gasteiger partial charge in [-0.1, -0.05) is 17.7 Å². The van der Waals surface area contributed by atoms with Gasteiger partial charge in [-0.15, -0.1) is 0 Å². The number of carbonyl (C=O) groups excluding carboxylic acids is 2. The topological polar surface area (TPSA) is 84.6 Å². The van der Waals surface area contributed by atoms with Crippen LogP contribution in [0.4, 0.5) is 0 Å². The van der Waals surface area contributed by atoms with Gasteiger partial charge < -0.3 is 19.2 Å². The van der Waals surface area contributed by atoms with Crippen LogP contribution >= 0.6 is 0 Å². The third-order valence-electron chi connectivity index (χ3n) is 7.88. The number of pyridine rings is 1. The fraction of sp³-hybridized carbons (Fsp3) is 0.387. The number of benzene rings is 1. The first-order chi connectivity index (χ1) is 18.8. The second kappa shape index (κ2) is 11.2. The van der Waals surface area contributed by atoms with Crippen molar-refractivity contribution >= 4 is 23.0 Å². The van der Waals surface area contributed by atoms with Gasteiger partial charge >= 0.3 is 0 Å². The molecule has 204 valence electrons. The van der Waals surface area contributed by atoms with E-state index in [0.29, 0.717) is 24.5 Å². The summed E-state index contributed by atoms with van der Waals surface area (Å²) in [4.78, 5) is 32.6. The zero-order chi connectivity index (χ0) is 27.7. The third kappa shape index (κ3) is 5.40. The summed E-state index contributed by atoms with van der Waals surface area (Å²) in [5.74, 6) is -0.0356. The van der Waals surface area contributed by atoms with Crippen molar-refractivity contribution in [2.75, 3.05) is 40.0 Å². The van der Waals surface area contributed by atoms with Crippen molar-refractivity contribution < 1.29 is 19.1 Å². The first kappa shape index (κ1) is 26.8. The van der Waals surface area contributed by atoms with E-state index in [9.17, 15) is 9.59 Å². The Morgan fingerprint density at radius 2 is 1.85 bits per heavy atom. The van der Waals surface area contributed by atoms with Gasteiger partial charge in [0.2, 0.25) is 0 Å². The summed E-state index contributed by atoms with van der Waals surface area (Å²) in [6.07, 6.45) is 4.05. The number of carbonyl (C=O) groups is 2. The molecular formula is C31H36N4O4. The summed E-state index contributed by atoms with van der Waals surface area (Å²) in [7, 11) is 1.66. The number of nitrogens with zero attached hydrogens (tertiary/aromatic N) is 3. The highest BCUT2D eigenvalue weighted by Crippen LogP contribution is 2.32. The minimum atomic E-state index is -0.441. The molecule has 2 aromatic heterocycles. The second-order valence-corrected chi connectivity index (χ2v) is 10.4. The minimum absolute atomic E-state index is 0.0719. The molecule has 4 heterocycles. The highest BCUT2D eigenvalue weighted by atomic mass is 16.5. The number of amides is 2. The fourth-order valence-electron chi connectivity index (χ4n) is 5.65. The van der Waals surface area contributed by atoms with Crippen LogP contribution < -0.4 is 10.1 Å². The largest absolute Gasteiger partial charge is 0.497 e. The molecular weight excluding hydrogens is 492 g/mol. The molecule has 3 aromatic rings. The molecule has 5 rings (SSSR count). The standard InChI is InChI=1S/C31H36N4O4/c1-19-14-20(2)33-31(37)28(19)17-32-30(36)27-16-25-15-24(23-6-8-26(38-5)9-7-23)18-35(25)29(21(27)3)22(4)34-10-12-39-13-11-34/h6-9,14-16,18,22,28H,10-13,17H2,1-5H3,(H,32,36). The molecule has 1 aromatic carbocycles. The van der Waals surface area contributed by atoms with Crippen molar-refractivity contribution in [1.29, 1.82) is 0 Å². The van der Waals surface area contributed by atoms with E-state index < -0.39 is 5.92 Å². The first-order valence-corrected chi connectivity index (χ1v) is 13.4. The van der Waals surface area contributed by atoms with Crippen LogP contribution in [0.2, 0.25) is 0 Å². The zero-order valence-corrected chi connectivity index (χ0v) is 23.3. The van der Waals surface area contributed by atoms with E-state index in [1.807, 2.05) is 57.2 Å². The quantitative estimate of drug-likeness (QED) is 0.484. The molecule has 2 aliphatic rings. The van der Waals surface area contributed by atoms with Gasteiger partial charge in [0.1, 0.15) is 5.75 Å². The number of allylic oxidation sites excluding steroid dienone is 1. The van der Waals surface area contributed by atoms with Gasteiger partial charge in [0.05, 0.1) is 26.2 Å². The Hall–Kier alpha value is -3.75. The average Bonchev–Trinajstić information content (AvgIpc) is 3.36. The maximum absolute atomic E-state index is 13.6. The van der Waals surface area contributed by atoms with Gasteiger partial charge in [-0.25, -0.2) is 4.99 Å². The maximum Gasteiger partial charge on any atom is 0.254 e. The number of dihydropyridines is 1. The maximum atomic E-state index is 13.6. The highest BCUT2D eigenvalue weighted by molar-refractivity contribution is 6.06. The van der Waals surface area contributed by atoms with E-state index in [-0.39, 0.29) is 24.4 Å². The summed E-state index contributed by atoms with van der Waals surface area (Å²) >= 11 is 0. The Balaban J connectivity index is 1.52. The molecule has 8 nitrogen and oxygen atoms in total. The number of aromatic nitrogens is 1. The van der Waals surface area contributed by atoms with Crippen molar-refractivity contribution in [2.24, 2.45) is 10.9 Å². The predicted molar refractivity (Wildman–Crippen MR) is 153 cm³/mol. The van der Waals surface area contributed by atoms with E-state index in [0.717, 1.165) is 52.3 Å². The Bertz CT molecular complexity index is 1460. The smallest absolute Gasteiger partial charge is 0.254 e. The van der Waals surface area contributed by atoms with Crippen LogP contribution in [-0.2, 0) is 9.53 Å². The van der Waals surface area contributed by atoms with Gasteiger partial charge in [0.25, 0.3) is 11.8 Å². The van der Waals surface area contributed by atoms with Crippen LogP contribution in [0.3, 0.4) is 0 Å². The van der Waals surface area contributed by atoms with E-state index in [2.05, 4.69) is 38.8 Å². The molecule has 1 saturated heterocycles. The molecule has 0 radical (unpaired) electrons. The summed E-state index contributed by atoms with van der Waals surface area (Å²) < 4.78 is 13.1. The lowest BCUT2D eigenvalue weighted by atomic mass is 9.95. The molecule has 0 saturated carbocycles. The Morgan fingerprint density at radius 1 is 1.13 bits per heavy atom. The van der Waals surface area contributed by atoms with Gasteiger partial charge in [0.15, 0.2) is 0 Å². The van der Waals surface area contributed by atoms with E-state index >= 15 is 0 Å². The zero-order valence-electron chi connectivity index (χ0n) is 23.3. The van der Waals surface area contributed by atoms with Gasteiger partial charge in [-0.3, -0.25) is 14.5 Å². The number of methoxy groups -OCH3 is 1. The normalized spacial score (nSPS) is 19.0. The van der Waals surface area contributed by atoms with Crippen LogP contribution in [0.1, 0.15) is 48.4 Å². The Kier molecular flexibility index (Phi) is 7.68. The van der Waals surface area contributed by atoms with E-state index in [4.69, 9.17) is 9.47 Å². The molecule has 1 fully saturated rings. The molecule has 8 heteroatoms. The summed E-state index contributed by atoms with van der Waals surface area (Å²) in [5.41, 5.74) is 7.30. The number of hydrogen-bond donors (Lipinski definition) is 1. The van der Waals surface area contributed by atoms with Crippen molar-refractivity contribution in [3.05, 3.63) is 71.1 Å². The van der Waals surface area contributed by atoms with Crippen molar-refractivity contribution in [3.63, 3.8) is 0 Å². The lowest BCUT2D eigenvalue weighted by Crippen LogP contribution is -2.39. The first-order valence-electron chi connectivity index (χ1n) is 13.4. The molecule has 2 amide bonds. The number of morpholine rings is 1. The molecule has 2 aliphatic heterocycles. The molecule has 0 aliphatic carbocycles. The molecule has 2 atom stereocenters. The van der Waals surface area contributed by atoms with Crippen molar-refractivity contribution in [3.8, 4) is 16.9 Å². The van der Waals surface area contributed by atoms with Crippen LogP contribution in [0.25, 0.3) is 16.6 Å². The molecule has 1 N–H and O–H groups in total. The van der Waals surface area contributed by atoms with Crippen molar-refractivity contribution in [1.82, 2.24) is 14.6 Å². The van der Waals surface area contributed by atoms with E-state index in [1.54, 1.807) is 7.11 Å². The van der Waals surface area contributed by atoms with Crippen LogP contribution in [-0.4, -0.2) is 66.8 Å². The van der Waals surface area contributed by atoms with Crippen LogP contribution in [0.15, 0.2) is 59.2 Å². The van der Waals surface area contributed by atoms with Crippen LogP contribution in [0.5, 0.6) is 5.75 Å². The molecule has 0 bridgehead atoms. The molecule has 0 spiro atoms. The third-order valence-corrected chi connectivity index (χ3v) is 7.88. The summed E-state index contributed by atoms with van der Waals surface area (Å²) in [5, 5.41) is 3.02. The Morgan fingerprint density at radius 3 is 2.51 bits per heavy atom. The summed E-state index contributed by atoms with van der Waals surface area (Å²) in [6.45, 7) is 11.2. The molecule has 2 unspecified atom stereocenters. The Labute approximate surface area is 229 Å². The number of fused-ring (bicyclic) bond motifs is 1. The lowest BCUT2D eigenvalue weighted by Gasteiger charge is -2.34. The van der Waals surface area contributed by atoms with Gasteiger partial charge in [0, 0.05) is 59.9 Å². The number of aliphatic imine (C=N–C) groups is 1. The fourth-order valence-corrected chi connectivity index (χ4v) is 5.65. The molecule has 39 heavy (non-hydrogen) atoms. The second-order valence-electron chi connectivity index (χ2n) is 10.4. The van der Waals surface area contributed by atoms with Crippen molar-refractivity contribution in [2.45, 2.75) is 33.7 Å². The monoisotopic (exact) mass is 528 g/mol. The predicted octanol–water partition coefficient (Wildman–Crippen LogP) is 4.61. The number of hydrogen-bond acceptors (Lipinski definition) is 5. The number of rotatable bonds is 7. The van der Waals surface area contributed by atoms with Crippen LogP contribution in [0, 0.1) is 12.8 Å². The number of nitrogens with one attached hydrogen (secondary N) is 1. The number of ether oxygens (including phenoxy) is 2. The average molecular weight is 529 g/mol. The highest BCUT2D eigenvalue weighted by Gasteiger charge is 2.27. The van der Waals surface area contributed by atoms with Gasteiger partial charge in [-0.05, 0) is 69.2 Å². The SMILES string of the molecule is COc1ccc(-c2cc3cc(C(=O)NCC4C(=O)N=C(C)C=C4C)c(C)c(C(C)N4CCOCC4)n3c2)cc1. The lowest BCUT2D eigenvalue weighted by molar-refractivity contribution is -0.120.